The van der Waals surface area contributed by atoms with E-state index in [2.05, 4.69) is 10.1 Å². The second-order valence-electron chi connectivity index (χ2n) is 4.23. The first kappa shape index (κ1) is 11.5. The Kier molecular flexibility index (Phi) is 2.79. The lowest BCUT2D eigenvalue weighted by atomic mass is 10.2. The maximum Gasteiger partial charge on any atom is 0.156 e. The first-order chi connectivity index (χ1) is 8.04. The fourth-order valence-corrected chi connectivity index (χ4v) is 1.80. The van der Waals surface area contributed by atoms with Gasteiger partial charge >= 0.3 is 0 Å². The zero-order chi connectivity index (χ0) is 12.6. The topological polar surface area (TPSA) is 47.8 Å². The van der Waals surface area contributed by atoms with Crippen LogP contribution in [-0.4, -0.2) is 21.1 Å². The largest absolute Gasteiger partial charge is 0.298 e. The first-order valence-electron chi connectivity index (χ1n) is 5.49. The Morgan fingerprint density at radius 3 is 2.41 bits per heavy atom. The highest BCUT2D eigenvalue weighted by Gasteiger charge is 2.12. The van der Waals surface area contributed by atoms with Crippen molar-refractivity contribution in [3.63, 3.8) is 0 Å². The number of nitrogens with zero attached hydrogens (tertiary/aromatic N) is 3. The molecule has 0 aliphatic carbocycles. The highest BCUT2D eigenvalue weighted by molar-refractivity contribution is 5.74. The zero-order valence-electron chi connectivity index (χ0n) is 10.5. The van der Waals surface area contributed by atoms with Crippen molar-refractivity contribution in [3.8, 4) is 5.82 Å². The molecule has 4 heteroatoms. The summed E-state index contributed by atoms with van der Waals surface area (Å²) >= 11 is 0. The van der Waals surface area contributed by atoms with E-state index < -0.39 is 0 Å². The molecule has 2 heterocycles. The summed E-state index contributed by atoms with van der Waals surface area (Å²) in [6.07, 6.45) is 2.37. The van der Waals surface area contributed by atoms with Crippen LogP contribution in [0, 0.1) is 27.7 Å². The van der Waals surface area contributed by atoms with E-state index in [0.29, 0.717) is 5.56 Å². The SMILES string of the molecule is Cc1cc(C=O)cnc1-n1nc(C)c(C)c1C. The third-order valence-corrected chi connectivity index (χ3v) is 3.06. The monoisotopic (exact) mass is 229 g/mol. The van der Waals surface area contributed by atoms with Gasteiger partial charge in [0.1, 0.15) is 0 Å². The van der Waals surface area contributed by atoms with Crippen molar-refractivity contribution in [2.75, 3.05) is 0 Å². The van der Waals surface area contributed by atoms with Gasteiger partial charge in [-0.3, -0.25) is 4.79 Å². The Labute approximate surface area is 100 Å². The van der Waals surface area contributed by atoms with Gasteiger partial charge in [-0.1, -0.05) is 0 Å². The predicted octanol–water partition coefficient (Wildman–Crippen LogP) is 2.31. The van der Waals surface area contributed by atoms with Crippen LogP contribution >= 0.6 is 0 Å². The van der Waals surface area contributed by atoms with Crippen LogP contribution in [0.15, 0.2) is 12.3 Å². The molecule has 0 unspecified atom stereocenters. The van der Waals surface area contributed by atoms with Gasteiger partial charge in [0.15, 0.2) is 12.1 Å². The van der Waals surface area contributed by atoms with Crippen molar-refractivity contribution in [1.29, 1.82) is 0 Å². The number of carbonyl (C=O) groups excluding carboxylic acids is 1. The van der Waals surface area contributed by atoms with Crippen LogP contribution in [0.4, 0.5) is 0 Å². The van der Waals surface area contributed by atoms with Gasteiger partial charge in [0, 0.05) is 17.5 Å². The summed E-state index contributed by atoms with van der Waals surface area (Å²) in [6, 6.07) is 1.82. The number of aldehydes is 1. The molecule has 0 atom stereocenters. The minimum absolute atomic E-state index is 0.588. The quantitative estimate of drug-likeness (QED) is 0.742. The minimum atomic E-state index is 0.588. The smallest absolute Gasteiger partial charge is 0.156 e. The average Bonchev–Trinajstić information content (AvgIpc) is 2.57. The first-order valence-corrected chi connectivity index (χ1v) is 5.49. The van der Waals surface area contributed by atoms with E-state index in [-0.39, 0.29) is 0 Å². The molecule has 0 N–H and O–H groups in total. The van der Waals surface area contributed by atoms with Gasteiger partial charge in [0.2, 0.25) is 0 Å². The van der Waals surface area contributed by atoms with E-state index in [0.717, 1.165) is 29.1 Å². The average molecular weight is 229 g/mol. The molecular weight excluding hydrogens is 214 g/mol. The molecular formula is C13H15N3O. The molecule has 2 aromatic heterocycles. The molecule has 2 aromatic rings. The second-order valence-corrected chi connectivity index (χ2v) is 4.23. The van der Waals surface area contributed by atoms with Crippen molar-refractivity contribution in [1.82, 2.24) is 14.8 Å². The van der Waals surface area contributed by atoms with Crippen molar-refractivity contribution in [3.05, 3.63) is 40.3 Å². The Morgan fingerprint density at radius 1 is 1.24 bits per heavy atom. The van der Waals surface area contributed by atoms with Crippen LogP contribution in [0.2, 0.25) is 0 Å². The third kappa shape index (κ3) is 1.86. The molecule has 0 aliphatic rings. The molecule has 0 bridgehead atoms. The standard InChI is InChI=1S/C13H15N3O/c1-8-5-12(7-17)6-14-13(8)16-11(4)9(2)10(3)15-16/h5-7H,1-4H3. The Morgan fingerprint density at radius 2 is 1.94 bits per heavy atom. The van der Waals surface area contributed by atoms with Crippen molar-refractivity contribution >= 4 is 6.29 Å². The van der Waals surface area contributed by atoms with E-state index >= 15 is 0 Å². The number of carbonyl (C=O) groups is 1. The minimum Gasteiger partial charge on any atom is -0.298 e. The fraction of sp³-hybridized carbons (Fsp3) is 0.308. The molecule has 0 radical (unpaired) electrons. The fourth-order valence-electron chi connectivity index (χ4n) is 1.80. The van der Waals surface area contributed by atoms with Gasteiger partial charge in [-0.05, 0) is 44.9 Å². The van der Waals surface area contributed by atoms with Crippen LogP contribution in [0.3, 0.4) is 0 Å². The molecule has 0 saturated carbocycles. The molecule has 0 fully saturated rings. The number of hydrogen-bond acceptors (Lipinski definition) is 3. The predicted molar refractivity (Wildman–Crippen MR) is 65.7 cm³/mol. The van der Waals surface area contributed by atoms with Crippen LogP contribution in [0.5, 0.6) is 0 Å². The summed E-state index contributed by atoms with van der Waals surface area (Å²) in [4.78, 5) is 15.0. The zero-order valence-corrected chi connectivity index (χ0v) is 10.5. The summed E-state index contributed by atoms with van der Waals surface area (Å²) in [5.41, 5.74) is 4.79. The molecule has 2 rings (SSSR count). The normalized spacial score (nSPS) is 10.6. The molecule has 0 aromatic carbocycles. The van der Waals surface area contributed by atoms with Crippen molar-refractivity contribution in [2.24, 2.45) is 0 Å². The second kappa shape index (κ2) is 4.13. The van der Waals surface area contributed by atoms with Crippen molar-refractivity contribution in [2.45, 2.75) is 27.7 Å². The van der Waals surface area contributed by atoms with Gasteiger partial charge in [-0.15, -0.1) is 0 Å². The van der Waals surface area contributed by atoms with E-state index in [1.165, 1.54) is 5.56 Å². The van der Waals surface area contributed by atoms with Crippen molar-refractivity contribution < 1.29 is 4.79 Å². The molecule has 4 nitrogen and oxygen atoms in total. The number of hydrogen-bond donors (Lipinski definition) is 0. The Hall–Kier alpha value is -1.97. The molecule has 0 aliphatic heterocycles. The van der Waals surface area contributed by atoms with Gasteiger partial charge in [-0.25, -0.2) is 9.67 Å². The lowest BCUT2D eigenvalue weighted by Gasteiger charge is -2.07. The number of rotatable bonds is 2. The summed E-state index contributed by atoms with van der Waals surface area (Å²) in [5.74, 6) is 0.782. The van der Waals surface area contributed by atoms with Crippen LogP contribution in [0.1, 0.15) is 32.9 Å². The van der Waals surface area contributed by atoms with E-state index in [1.807, 2.05) is 38.4 Å². The molecule has 0 amide bonds. The van der Waals surface area contributed by atoms with E-state index in [1.54, 1.807) is 6.20 Å². The number of pyridine rings is 1. The Balaban J connectivity index is 2.60. The molecule has 88 valence electrons. The maximum atomic E-state index is 10.7. The molecule has 0 saturated heterocycles. The molecule has 17 heavy (non-hydrogen) atoms. The van der Waals surface area contributed by atoms with Gasteiger partial charge < -0.3 is 0 Å². The van der Waals surface area contributed by atoms with Crippen LogP contribution in [0.25, 0.3) is 5.82 Å². The number of aromatic nitrogens is 3. The molecule has 0 spiro atoms. The number of aryl methyl sites for hydroxylation is 2. The summed E-state index contributed by atoms with van der Waals surface area (Å²) in [6.45, 7) is 7.97. The highest BCUT2D eigenvalue weighted by atomic mass is 16.1. The van der Waals surface area contributed by atoms with Gasteiger partial charge in [0.05, 0.1) is 5.69 Å². The van der Waals surface area contributed by atoms with Gasteiger partial charge in [0.25, 0.3) is 0 Å². The summed E-state index contributed by atoms with van der Waals surface area (Å²) in [5, 5.41) is 4.46. The Bertz CT molecular complexity index is 585. The highest BCUT2D eigenvalue weighted by Crippen LogP contribution is 2.18. The van der Waals surface area contributed by atoms with Crippen LogP contribution in [-0.2, 0) is 0 Å². The van der Waals surface area contributed by atoms with Gasteiger partial charge in [-0.2, -0.15) is 5.10 Å². The van der Waals surface area contributed by atoms with E-state index in [4.69, 9.17) is 0 Å². The van der Waals surface area contributed by atoms with Crippen LogP contribution < -0.4 is 0 Å². The lowest BCUT2D eigenvalue weighted by Crippen LogP contribution is -2.05. The van der Waals surface area contributed by atoms with E-state index in [9.17, 15) is 4.79 Å². The lowest BCUT2D eigenvalue weighted by molar-refractivity contribution is 0.112. The maximum absolute atomic E-state index is 10.7. The summed E-state index contributed by atoms with van der Waals surface area (Å²) in [7, 11) is 0. The third-order valence-electron chi connectivity index (χ3n) is 3.06. The summed E-state index contributed by atoms with van der Waals surface area (Å²) < 4.78 is 1.83.